The van der Waals surface area contributed by atoms with E-state index in [-0.39, 0.29) is 0 Å². The van der Waals surface area contributed by atoms with Gasteiger partial charge in [0.15, 0.2) is 6.10 Å². The summed E-state index contributed by atoms with van der Waals surface area (Å²) in [4.78, 5) is 20.7. The minimum absolute atomic E-state index is 0.457. The van der Waals surface area contributed by atoms with Crippen molar-refractivity contribution < 1.29 is 14.5 Å². The Kier molecular flexibility index (Phi) is 4.25. The molecule has 0 saturated carbocycles. The number of hydrogen-bond acceptors (Lipinski definition) is 4. The molecule has 0 radical (unpaired) electrons. The van der Waals surface area contributed by atoms with Gasteiger partial charge in [-0.15, -0.1) is 0 Å². The standard InChI is InChI=1S/C10H10ClNO4/c1-7(13)16-10(6-12(14)15)8-2-4-9(11)5-3-8/h2-5,10H,6H2,1H3/t10-/m0/s1. The molecule has 16 heavy (non-hydrogen) atoms. The van der Waals surface area contributed by atoms with Crippen LogP contribution in [-0.2, 0) is 9.53 Å². The molecule has 0 spiro atoms. The fourth-order valence-electron chi connectivity index (χ4n) is 1.22. The van der Waals surface area contributed by atoms with E-state index in [9.17, 15) is 14.9 Å². The molecule has 0 unspecified atom stereocenters. The van der Waals surface area contributed by atoms with Crippen LogP contribution < -0.4 is 0 Å². The highest BCUT2D eigenvalue weighted by Crippen LogP contribution is 2.20. The summed E-state index contributed by atoms with van der Waals surface area (Å²) in [5.74, 6) is -0.554. The van der Waals surface area contributed by atoms with Gasteiger partial charge in [0.1, 0.15) is 0 Å². The number of esters is 1. The topological polar surface area (TPSA) is 69.4 Å². The van der Waals surface area contributed by atoms with Crippen LogP contribution in [0.5, 0.6) is 0 Å². The van der Waals surface area contributed by atoms with Gasteiger partial charge in [-0.1, -0.05) is 23.7 Å². The molecule has 0 aliphatic rings. The molecule has 1 rings (SSSR count). The number of halogens is 1. The van der Waals surface area contributed by atoms with E-state index >= 15 is 0 Å². The van der Waals surface area contributed by atoms with Crippen molar-refractivity contribution in [2.75, 3.05) is 6.54 Å². The molecule has 0 bridgehead atoms. The van der Waals surface area contributed by atoms with E-state index in [0.29, 0.717) is 10.6 Å². The summed E-state index contributed by atoms with van der Waals surface area (Å²) < 4.78 is 4.86. The van der Waals surface area contributed by atoms with Crippen molar-refractivity contribution in [2.24, 2.45) is 0 Å². The molecule has 0 aromatic heterocycles. The van der Waals surface area contributed by atoms with Crippen molar-refractivity contribution in [1.29, 1.82) is 0 Å². The van der Waals surface area contributed by atoms with E-state index in [2.05, 4.69) is 0 Å². The van der Waals surface area contributed by atoms with Crippen molar-refractivity contribution >= 4 is 17.6 Å². The number of nitrogens with zero attached hydrogens (tertiary/aromatic N) is 1. The average molecular weight is 244 g/mol. The summed E-state index contributed by atoms with van der Waals surface area (Å²) in [6, 6.07) is 6.37. The Bertz CT molecular complexity index is 374. The van der Waals surface area contributed by atoms with Gasteiger partial charge in [-0.05, 0) is 17.7 Å². The van der Waals surface area contributed by atoms with Gasteiger partial charge in [-0.2, -0.15) is 0 Å². The van der Waals surface area contributed by atoms with Crippen molar-refractivity contribution in [3.63, 3.8) is 0 Å². The molecule has 5 nitrogen and oxygen atoms in total. The third-order valence-corrected chi connectivity index (χ3v) is 2.12. The zero-order valence-electron chi connectivity index (χ0n) is 8.55. The molecular formula is C10H10ClNO4. The van der Waals surface area contributed by atoms with Crippen molar-refractivity contribution in [3.05, 3.63) is 45.0 Å². The maximum atomic E-state index is 10.8. The zero-order chi connectivity index (χ0) is 12.1. The van der Waals surface area contributed by atoms with Gasteiger partial charge in [0.05, 0.1) is 0 Å². The van der Waals surface area contributed by atoms with Crippen LogP contribution in [0.2, 0.25) is 5.02 Å². The first-order valence-corrected chi connectivity index (χ1v) is 4.91. The molecule has 6 heteroatoms. The number of hydrogen-bond donors (Lipinski definition) is 0. The number of rotatable bonds is 4. The monoisotopic (exact) mass is 243 g/mol. The molecule has 86 valence electrons. The maximum Gasteiger partial charge on any atom is 0.303 e. The van der Waals surface area contributed by atoms with Crippen LogP contribution in [0.25, 0.3) is 0 Å². The van der Waals surface area contributed by atoms with Gasteiger partial charge in [0.25, 0.3) is 0 Å². The fourth-order valence-corrected chi connectivity index (χ4v) is 1.35. The first-order valence-electron chi connectivity index (χ1n) is 4.53. The Morgan fingerprint density at radius 1 is 1.50 bits per heavy atom. The largest absolute Gasteiger partial charge is 0.451 e. The Labute approximate surface area is 97.1 Å². The number of nitro groups is 1. The Morgan fingerprint density at radius 2 is 2.06 bits per heavy atom. The zero-order valence-corrected chi connectivity index (χ0v) is 9.31. The van der Waals surface area contributed by atoms with Crippen LogP contribution >= 0.6 is 11.6 Å². The van der Waals surface area contributed by atoms with E-state index in [1.165, 1.54) is 6.92 Å². The summed E-state index contributed by atoms with van der Waals surface area (Å²) in [5.41, 5.74) is 0.552. The highest BCUT2D eigenvalue weighted by molar-refractivity contribution is 6.30. The van der Waals surface area contributed by atoms with Crippen molar-refractivity contribution in [1.82, 2.24) is 0 Å². The number of carbonyl (C=O) groups is 1. The molecule has 0 aliphatic heterocycles. The molecule has 0 N–H and O–H groups in total. The lowest BCUT2D eigenvalue weighted by atomic mass is 10.1. The van der Waals surface area contributed by atoms with Crippen molar-refractivity contribution in [2.45, 2.75) is 13.0 Å². The first-order chi connectivity index (χ1) is 7.49. The second-order valence-electron chi connectivity index (χ2n) is 3.16. The third kappa shape index (κ3) is 3.86. The number of benzene rings is 1. The van der Waals surface area contributed by atoms with E-state index < -0.39 is 23.5 Å². The lowest BCUT2D eigenvalue weighted by molar-refractivity contribution is -0.491. The van der Waals surface area contributed by atoms with Gasteiger partial charge >= 0.3 is 5.97 Å². The summed E-state index contributed by atoms with van der Waals surface area (Å²) in [6.45, 7) is 0.754. The van der Waals surface area contributed by atoms with Crippen LogP contribution in [0.3, 0.4) is 0 Å². The molecule has 1 atom stereocenters. The SMILES string of the molecule is CC(=O)O[C@@H](C[N+](=O)[O-])c1ccc(Cl)cc1. The molecule has 1 aromatic rings. The van der Waals surface area contributed by atoms with E-state index in [1.807, 2.05) is 0 Å². The van der Waals surface area contributed by atoms with Gasteiger partial charge < -0.3 is 4.74 Å². The molecule has 0 saturated heterocycles. The van der Waals surface area contributed by atoms with Gasteiger partial charge in [0.2, 0.25) is 6.54 Å². The minimum Gasteiger partial charge on any atom is -0.451 e. The van der Waals surface area contributed by atoms with Crippen LogP contribution in [-0.4, -0.2) is 17.4 Å². The number of ether oxygens (including phenoxy) is 1. The van der Waals surface area contributed by atoms with Gasteiger partial charge in [-0.3, -0.25) is 14.9 Å². The second-order valence-corrected chi connectivity index (χ2v) is 3.60. The van der Waals surface area contributed by atoms with Crippen LogP contribution in [0.15, 0.2) is 24.3 Å². The molecule has 0 heterocycles. The quantitative estimate of drug-likeness (QED) is 0.462. The van der Waals surface area contributed by atoms with Crippen molar-refractivity contribution in [3.8, 4) is 0 Å². The van der Waals surface area contributed by atoms with E-state index in [1.54, 1.807) is 24.3 Å². The summed E-state index contributed by atoms with van der Waals surface area (Å²) >= 11 is 5.69. The minimum atomic E-state index is -0.871. The van der Waals surface area contributed by atoms with Crippen LogP contribution in [0.4, 0.5) is 0 Å². The Morgan fingerprint density at radius 3 is 2.50 bits per heavy atom. The summed E-state index contributed by atoms with van der Waals surface area (Å²) in [6.07, 6.45) is -0.871. The predicted molar refractivity (Wildman–Crippen MR) is 57.8 cm³/mol. The Hall–Kier alpha value is -1.62. The molecule has 0 amide bonds. The number of carbonyl (C=O) groups excluding carboxylic acids is 1. The third-order valence-electron chi connectivity index (χ3n) is 1.86. The normalized spacial score (nSPS) is 11.9. The highest BCUT2D eigenvalue weighted by Gasteiger charge is 2.20. The average Bonchev–Trinajstić information content (AvgIpc) is 2.16. The molecule has 0 aliphatic carbocycles. The predicted octanol–water partition coefficient (Wildman–Crippen LogP) is 2.22. The van der Waals surface area contributed by atoms with Gasteiger partial charge in [-0.25, -0.2) is 0 Å². The fraction of sp³-hybridized carbons (Fsp3) is 0.300. The smallest absolute Gasteiger partial charge is 0.303 e. The maximum absolute atomic E-state index is 10.8. The second kappa shape index (κ2) is 5.46. The first kappa shape index (κ1) is 12.4. The lowest BCUT2D eigenvalue weighted by Gasteiger charge is -2.13. The molecular weight excluding hydrogens is 234 g/mol. The van der Waals surface area contributed by atoms with Crippen LogP contribution in [0.1, 0.15) is 18.6 Å². The summed E-state index contributed by atoms with van der Waals surface area (Å²) in [5, 5.41) is 10.9. The van der Waals surface area contributed by atoms with E-state index in [4.69, 9.17) is 16.3 Å². The highest BCUT2D eigenvalue weighted by atomic mass is 35.5. The molecule has 1 aromatic carbocycles. The van der Waals surface area contributed by atoms with Gasteiger partial charge in [0, 0.05) is 16.9 Å². The summed E-state index contributed by atoms with van der Waals surface area (Å²) in [7, 11) is 0. The Balaban J connectivity index is 2.86. The molecule has 0 fully saturated rings. The van der Waals surface area contributed by atoms with E-state index in [0.717, 1.165) is 0 Å². The van der Waals surface area contributed by atoms with Crippen LogP contribution in [0, 0.1) is 10.1 Å². The lowest BCUT2D eigenvalue weighted by Crippen LogP contribution is -2.17.